The smallest absolute Gasteiger partial charge is 0.237 e. The minimum atomic E-state index is -0.421. The molecule has 0 aromatic rings. The third-order valence-electron chi connectivity index (χ3n) is 5.82. The average Bonchev–Trinajstić information content (AvgIpc) is 3.23. The highest BCUT2D eigenvalue weighted by Gasteiger charge is 2.41. The lowest BCUT2D eigenvalue weighted by Gasteiger charge is -2.39. The fourth-order valence-electron chi connectivity index (χ4n) is 4.51. The van der Waals surface area contributed by atoms with Crippen LogP contribution < -0.4 is 5.32 Å². The van der Waals surface area contributed by atoms with Crippen molar-refractivity contribution in [1.29, 1.82) is 0 Å². The fourth-order valence-corrected chi connectivity index (χ4v) is 4.51. The molecule has 0 aromatic carbocycles. The van der Waals surface area contributed by atoms with E-state index >= 15 is 0 Å². The van der Waals surface area contributed by atoms with Gasteiger partial charge in [0.15, 0.2) is 0 Å². The number of hydrogen-bond donors (Lipinski definition) is 2. The second-order valence-electron chi connectivity index (χ2n) is 7.25. The lowest BCUT2D eigenvalue weighted by molar-refractivity contribution is -0.137. The molecule has 2 atom stereocenters. The van der Waals surface area contributed by atoms with Crippen molar-refractivity contribution in [2.45, 2.75) is 63.1 Å². The van der Waals surface area contributed by atoms with Crippen molar-refractivity contribution in [2.24, 2.45) is 5.92 Å². The molecule has 2 heterocycles. The summed E-state index contributed by atoms with van der Waals surface area (Å²) in [4.78, 5) is 28.7. The number of β-amino-alcohol motifs (C(OH)–C–C–N with tert-alkyl or cyclic N) is 1. The molecule has 0 unspecified atom stereocenters. The first-order chi connectivity index (χ1) is 11.1. The molecule has 0 aromatic heterocycles. The SMILES string of the molecule is CNC(=O)[C@@H]1C[C@@H](O)CN1C1CCN(C(=O)C2CCCC2)CC1. The summed E-state index contributed by atoms with van der Waals surface area (Å²) >= 11 is 0. The number of carbonyl (C=O) groups is 2. The van der Waals surface area contributed by atoms with Crippen LogP contribution in [0.4, 0.5) is 0 Å². The molecular formula is C17H29N3O3. The van der Waals surface area contributed by atoms with Gasteiger partial charge in [0, 0.05) is 38.6 Å². The minimum absolute atomic E-state index is 0.00832. The van der Waals surface area contributed by atoms with Gasteiger partial charge in [-0.2, -0.15) is 0 Å². The normalized spacial score (nSPS) is 30.8. The topological polar surface area (TPSA) is 72.9 Å². The molecule has 0 bridgehead atoms. The molecule has 3 rings (SSSR count). The molecule has 130 valence electrons. The predicted molar refractivity (Wildman–Crippen MR) is 86.7 cm³/mol. The first-order valence-electron chi connectivity index (χ1n) is 9.04. The quantitative estimate of drug-likeness (QED) is 0.786. The fraction of sp³-hybridized carbons (Fsp3) is 0.882. The molecule has 2 saturated heterocycles. The molecule has 1 aliphatic carbocycles. The molecule has 2 aliphatic heterocycles. The monoisotopic (exact) mass is 323 g/mol. The second kappa shape index (κ2) is 7.18. The molecule has 1 saturated carbocycles. The van der Waals surface area contributed by atoms with E-state index in [4.69, 9.17) is 0 Å². The van der Waals surface area contributed by atoms with Crippen LogP contribution in [0.3, 0.4) is 0 Å². The maximum absolute atomic E-state index is 12.5. The number of nitrogens with one attached hydrogen (secondary N) is 1. The third-order valence-corrected chi connectivity index (χ3v) is 5.82. The molecule has 0 spiro atoms. The Labute approximate surface area is 138 Å². The van der Waals surface area contributed by atoms with E-state index in [9.17, 15) is 14.7 Å². The maximum atomic E-state index is 12.5. The Balaban J connectivity index is 1.55. The Kier molecular flexibility index (Phi) is 5.21. The molecule has 6 nitrogen and oxygen atoms in total. The molecule has 6 heteroatoms. The maximum Gasteiger partial charge on any atom is 0.237 e. The van der Waals surface area contributed by atoms with E-state index in [-0.39, 0.29) is 17.9 Å². The first-order valence-corrected chi connectivity index (χ1v) is 9.04. The summed E-state index contributed by atoms with van der Waals surface area (Å²) in [5.41, 5.74) is 0. The third kappa shape index (κ3) is 3.53. The van der Waals surface area contributed by atoms with E-state index < -0.39 is 6.10 Å². The van der Waals surface area contributed by atoms with Crippen LogP contribution >= 0.6 is 0 Å². The van der Waals surface area contributed by atoms with Gasteiger partial charge in [0.1, 0.15) is 0 Å². The number of aliphatic hydroxyl groups is 1. The summed E-state index contributed by atoms with van der Waals surface area (Å²) in [6.07, 6.45) is 6.37. The Morgan fingerprint density at radius 3 is 2.35 bits per heavy atom. The zero-order chi connectivity index (χ0) is 16.4. The zero-order valence-electron chi connectivity index (χ0n) is 14.0. The highest BCUT2D eigenvalue weighted by Crippen LogP contribution is 2.30. The standard InChI is InChI=1S/C17H29N3O3/c1-18-16(22)15-10-14(21)11-20(15)13-6-8-19(9-7-13)17(23)12-4-2-3-5-12/h12-15,21H,2-11H2,1H3,(H,18,22)/t14-,15+/m1/s1. The molecular weight excluding hydrogens is 294 g/mol. The summed E-state index contributed by atoms with van der Waals surface area (Å²) in [5.74, 6) is 0.579. The largest absolute Gasteiger partial charge is 0.392 e. The molecule has 2 N–H and O–H groups in total. The number of amides is 2. The summed E-state index contributed by atoms with van der Waals surface area (Å²) < 4.78 is 0. The first kappa shape index (κ1) is 16.7. The van der Waals surface area contributed by atoms with Gasteiger partial charge in [-0.3, -0.25) is 14.5 Å². The van der Waals surface area contributed by atoms with Crippen molar-refractivity contribution in [3.05, 3.63) is 0 Å². The van der Waals surface area contributed by atoms with Gasteiger partial charge in [0.05, 0.1) is 12.1 Å². The van der Waals surface area contributed by atoms with Crippen molar-refractivity contribution in [3.8, 4) is 0 Å². The molecule has 3 aliphatic rings. The van der Waals surface area contributed by atoms with Crippen molar-refractivity contribution in [3.63, 3.8) is 0 Å². The van der Waals surface area contributed by atoms with Crippen LogP contribution in [-0.2, 0) is 9.59 Å². The van der Waals surface area contributed by atoms with E-state index in [2.05, 4.69) is 10.2 Å². The highest BCUT2D eigenvalue weighted by molar-refractivity contribution is 5.82. The van der Waals surface area contributed by atoms with E-state index in [1.54, 1.807) is 7.05 Å². The van der Waals surface area contributed by atoms with E-state index in [0.717, 1.165) is 38.8 Å². The lowest BCUT2D eigenvalue weighted by atomic mass is 9.99. The number of likely N-dealkylation sites (tertiary alicyclic amines) is 2. The average molecular weight is 323 g/mol. The number of piperidine rings is 1. The zero-order valence-corrected chi connectivity index (χ0v) is 14.0. The van der Waals surface area contributed by atoms with Crippen LogP contribution in [0.5, 0.6) is 0 Å². The molecule has 3 fully saturated rings. The van der Waals surface area contributed by atoms with Crippen molar-refractivity contribution in [1.82, 2.24) is 15.1 Å². The summed E-state index contributed by atoms with van der Waals surface area (Å²) in [7, 11) is 1.65. The highest BCUT2D eigenvalue weighted by atomic mass is 16.3. The summed E-state index contributed by atoms with van der Waals surface area (Å²) in [6, 6.07) is 0.0687. The number of aliphatic hydroxyl groups excluding tert-OH is 1. The van der Waals surface area contributed by atoms with Gasteiger partial charge in [-0.05, 0) is 32.1 Å². The van der Waals surface area contributed by atoms with Gasteiger partial charge in [-0.1, -0.05) is 12.8 Å². The second-order valence-corrected chi connectivity index (χ2v) is 7.25. The number of hydrogen-bond acceptors (Lipinski definition) is 4. The van der Waals surface area contributed by atoms with Gasteiger partial charge in [-0.15, -0.1) is 0 Å². The van der Waals surface area contributed by atoms with Gasteiger partial charge >= 0.3 is 0 Å². The number of nitrogens with zero attached hydrogens (tertiary/aromatic N) is 2. The number of carbonyl (C=O) groups excluding carboxylic acids is 2. The summed E-state index contributed by atoms with van der Waals surface area (Å²) in [6.45, 7) is 2.14. The van der Waals surface area contributed by atoms with Crippen molar-refractivity contribution >= 4 is 11.8 Å². The minimum Gasteiger partial charge on any atom is -0.392 e. The Morgan fingerprint density at radius 2 is 1.74 bits per heavy atom. The van der Waals surface area contributed by atoms with Crippen LogP contribution in [0.15, 0.2) is 0 Å². The van der Waals surface area contributed by atoms with Crippen molar-refractivity contribution in [2.75, 3.05) is 26.7 Å². The van der Waals surface area contributed by atoms with Crippen molar-refractivity contribution < 1.29 is 14.7 Å². The van der Waals surface area contributed by atoms with Crippen LogP contribution in [-0.4, -0.2) is 71.6 Å². The Hall–Kier alpha value is -1.14. The van der Waals surface area contributed by atoms with Gasteiger partial charge in [-0.25, -0.2) is 0 Å². The van der Waals surface area contributed by atoms with E-state index in [1.165, 1.54) is 12.8 Å². The van der Waals surface area contributed by atoms with Gasteiger partial charge in [0.25, 0.3) is 0 Å². The molecule has 2 amide bonds. The summed E-state index contributed by atoms with van der Waals surface area (Å²) in [5, 5.41) is 12.6. The molecule has 0 radical (unpaired) electrons. The van der Waals surface area contributed by atoms with E-state index in [1.807, 2.05) is 4.90 Å². The predicted octanol–water partition coefficient (Wildman–Crippen LogP) is 0.349. The van der Waals surface area contributed by atoms with Gasteiger partial charge in [0.2, 0.25) is 11.8 Å². The van der Waals surface area contributed by atoms with E-state index in [0.29, 0.717) is 24.9 Å². The number of rotatable bonds is 3. The van der Waals surface area contributed by atoms with Gasteiger partial charge < -0.3 is 15.3 Å². The number of likely N-dealkylation sites (N-methyl/N-ethyl adjacent to an activating group) is 1. The Bertz CT molecular complexity index is 442. The van der Waals surface area contributed by atoms with Crippen LogP contribution in [0.25, 0.3) is 0 Å². The molecule has 23 heavy (non-hydrogen) atoms. The van der Waals surface area contributed by atoms with Crippen LogP contribution in [0.1, 0.15) is 44.9 Å². The Morgan fingerprint density at radius 1 is 1.09 bits per heavy atom. The van der Waals surface area contributed by atoms with Crippen LogP contribution in [0, 0.1) is 5.92 Å². The van der Waals surface area contributed by atoms with Crippen LogP contribution in [0.2, 0.25) is 0 Å². The lowest BCUT2D eigenvalue weighted by Crippen LogP contribution is -2.52.